The highest BCUT2D eigenvalue weighted by atomic mass is 32.2. The number of carbonyl (C=O) groups excluding carboxylic acids is 1. The van der Waals surface area contributed by atoms with Crippen LogP contribution < -0.4 is 20.3 Å². The van der Waals surface area contributed by atoms with Crippen LogP contribution in [0.4, 0.5) is 5.82 Å². The molecule has 0 saturated heterocycles. The molecule has 1 aromatic carbocycles. The average molecular weight is 500 g/mol. The van der Waals surface area contributed by atoms with Gasteiger partial charge in [0.15, 0.2) is 22.4 Å². The number of anilines is 1. The standard InChI is InChI=1S/C26H33N3O5S/c1-13(2)7-8-35-25-28-23-21(24(32)29-25)19(14-9-17(33-5)22(31)18(10-14)34-6)20-15(27-23)11-26(3,4)12-16(20)30/h9-10,13,19,31H,7-8,11-12H2,1-6H3,(H2,27,28,29,32). The van der Waals surface area contributed by atoms with Crippen molar-refractivity contribution in [3.05, 3.63) is 44.9 Å². The summed E-state index contributed by atoms with van der Waals surface area (Å²) < 4.78 is 10.7. The van der Waals surface area contributed by atoms with Crippen LogP contribution >= 0.6 is 11.8 Å². The highest BCUT2D eigenvalue weighted by molar-refractivity contribution is 7.99. The highest BCUT2D eigenvalue weighted by Gasteiger charge is 2.43. The minimum Gasteiger partial charge on any atom is -0.502 e. The molecule has 0 radical (unpaired) electrons. The minimum atomic E-state index is -0.667. The number of phenolic OH excluding ortho intramolecular Hbond substituents is 1. The number of Topliss-reactive ketones (excluding diaryl/α,β-unsaturated/α-hetero) is 1. The van der Waals surface area contributed by atoms with Crippen LogP contribution in [0.1, 0.15) is 64.0 Å². The number of methoxy groups -OCH3 is 2. The van der Waals surface area contributed by atoms with Crippen LogP contribution in [0.2, 0.25) is 0 Å². The molecular formula is C26H33N3O5S. The summed E-state index contributed by atoms with van der Waals surface area (Å²) >= 11 is 1.51. The molecule has 3 N–H and O–H groups in total. The number of benzene rings is 1. The fourth-order valence-corrected chi connectivity index (χ4v) is 5.87. The highest BCUT2D eigenvalue weighted by Crippen LogP contribution is 2.50. The van der Waals surface area contributed by atoms with E-state index in [2.05, 4.69) is 38.0 Å². The summed E-state index contributed by atoms with van der Waals surface area (Å²) in [5.74, 6) is 1.44. The topological polar surface area (TPSA) is 114 Å². The molecule has 0 spiro atoms. The van der Waals surface area contributed by atoms with Crippen LogP contribution in [-0.2, 0) is 4.79 Å². The van der Waals surface area contributed by atoms with E-state index in [4.69, 9.17) is 14.5 Å². The summed E-state index contributed by atoms with van der Waals surface area (Å²) in [6.07, 6.45) is 2.04. The summed E-state index contributed by atoms with van der Waals surface area (Å²) in [5, 5.41) is 14.3. The summed E-state index contributed by atoms with van der Waals surface area (Å²) in [6.45, 7) is 8.44. The zero-order valence-corrected chi connectivity index (χ0v) is 21.9. The van der Waals surface area contributed by atoms with Crippen molar-refractivity contribution in [2.24, 2.45) is 11.3 Å². The summed E-state index contributed by atoms with van der Waals surface area (Å²) in [7, 11) is 2.89. The lowest BCUT2D eigenvalue weighted by Gasteiger charge is -2.38. The molecule has 2 heterocycles. The Morgan fingerprint density at radius 1 is 1.17 bits per heavy atom. The molecule has 0 fully saturated rings. The number of rotatable bonds is 7. The lowest BCUT2D eigenvalue weighted by Crippen LogP contribution is -2.37. The zero-order chi connectivity index (χ0) is 25.5. The first-order valence-electron chi connectivity index (χ1n) is 11.8. The van der Waals surface area contributed by atoms with E-state index in [0.29, 0.717) is 46.4 Å². The van der Waals surface area contributed by atoms with Crippen molar-refractivity contribution >= 4 is 23.4 Å². The van der Waals surface area contributed by atoms with Gasteiger partial charge in [-0.3, -0.25) is 9.59 Å². The molecule has 4 rings (SSSR count). The van der Waals surface area contributed by atoms with Crippen molar-refractivity contribution in [2.45, 2.75) is 58.0 Å². The Balaban J connectivity index is 1.90. The van der Waals surface area contributed by atoms with Crippen LogP contribution in [0, 0.1) is 11.3 Å². The van der Waals surface area contributed by atoms with Crippen molar-refractivity contribution < 1.29 is 19.4 Å². The molecule has 2 aliphatic rings. The van der Waals surface area contributed by atoms with E-state index in [9.17, 15) is 14.7 Å². The van der Waals surface area contributed by atoms with Gasteiger partial charge in [0.2, 0.25) is 5.75 Å². The van der Waals surface area contributed by atoms with Crippen molar-refractivity contribution in [2.75, 3.05) is 25.3 Å². The van der Waals surface area contributed by atoms with Gasteiger partial charge in [0, 0.05) is 29.4 Å². The Bertz CT molecular complexity index is 1220. The molecule has 1 aliphatic heterocycles. The quantitative estimate of drug-likeness (QED) is 0.367. The van der Waals surface area contributed by atoms with Crippen LogP contribution in [0.5, 0.6) is 17.2 Å². The number of hydrogen-bond donors (Lipinski definition) is 3. The third-order valence-electron chi connectivity index (χ3n) is 6.47. The van der Waals surface area contributed by atoms with Gasteiger partial charge in [0.05, 0.1) is 19.8 Å². The molecular weight excluding hydrogens is 466 g/mol. The molecule has 0 saturated carbocycles. The smallest absolute Gasteiger partial charge is 0.257 e. The molecule has 0 amide bonds. The van der Waals surface area contributed by atoms with Gasteiger partial charge in [-0.1, -0.05) is 39.5 Å². The largest absolute Gasteiger partial charge is 0.502 e. The molecule has 8 nitrogen and oxygen atoms in total. The first-order chi connectivity index (χ1) is 16.5. The van der Waals surface area contributed by atoms with Gasteiger partial charge >= 0.3 is 0 Å². The van der Waals surface area contributed by atoms with E-state index in [-0.39, 0.29) is 34.0 Å². The number of phenols is 1. The van der Waals surface area contributed by atoms with Crippen molar-refractivity contribution in [3.63, 3.8) is 0 Å². The summed E-state index contributed by atoms with van der Waals surface area (Å²) in [6, 6.07) is 3.31. The predicted molar refractivity (Wildman–Crippen MR) is 137 cm³/mol. The number of aromatic amines is 1. The number of nitrogens with zero attached hydrogens (tertiary/aromatic N) is 1. The second kappa shape index (κ2) is 9.60. The number of nitrogens with one attached hydrogen (secondary N) is 2. The number of aromatic nitrogens is 2. The van der Waals surface area contributed by atoms with Gasteiger partial charge in [-0.2, -0.15) is 0 Å². The molecule has 35 heavy (non-hydrogen) atoms. The Kier molecular flexibility index (Phi) is 6.90. The van der Waals surface area contributed by atoms with Crippen molar-refractivity contribution in [1.29, 1.82) is 0 Å². The fourth-order valence-electron chi connectivity index (χ4n) is 4.77. The van der Waals surface area contributed by atoms with Crippen LogP contribution in [0.25, 0.3) is 0 Å². The molecule has 1 atom stereocenters. The molecule has 1 aromatic heterocycles. The summed E-state index contributed by atoms with van der Waals surface area (Å²) in [5.41, 5.74) is 1.82. The minimum absolute atomic E-state index is 0.0137. The number of allylic oxidation sites excluding steroid dienone is 2. The zero-order valence-electron chi connectivity index (χ0n) is 21.1. The van der Waals surface area contributed by atoms with E-state index < -0.39 is 5.92 Å². The molecule has 2 aromatic rings. The Hall–Kier alpha value is -2.94. The number of fused-ring (bicyclic) bond motifs is 1. The first-order valence-corrected chi connectivity index (χ1v) is 12.8. The molecule has 188 valence electrons. The van der Waals surface area contributed by atoms with Gasteiger partial charge in [-0.15, -0.1) is 0 Å². The van der Waals surface area contributed by atoms with E-state index >= 15 is 0 Å². The second-order valence-corrected chi connectivity index (χ2v) is 11.4. The van der Waals surface area contributed by atoms with Gasteiger partial charge in [0.1, 0.15) is 5.82 Å². The third kappa shape index (κ3) is 4.91. The maximum atomic E-state index is 13.5. The number of hydrogen-bond acceptors (Lipinski definition) is 8. The van der Waals surface area contributed by atoms with Crippen LogP contribution in [0.15, 0.2) is 33.4 Å². The van der Waals surface area contributed by atoms with Gasteiger partial charge < -0.3 is 24.9 Å². The normalized spacial score (nSPS) is 18.7. The number of carbonyl (C=O) groups is 1. The van der Waals surface area contributed by atoms with Crippen LogP contribution in [0.3, 0.4) is 0 Å². The molecule has 1 aliphatic carbocycles. The predicted octanol–water partition coefficient (Wildman–Crippen LogP) is 4.83. The molecule has 9 heteroatoms. The van der Waals surface area contributed by atoms with Gasteiger partial charge in [-0.05, 0) is 41.9 Å². The van der Waals surface area contributed by atoms with Crippen molar-refractivity contribution in [3.8, 4) is 17.2 Å². The Morgan fingerprint density at radius 2 is 1.83 bits per heavy atom. The number of ketones is 1. The summed E-state index contributed by atoms with van der Waals surface area (Å²) in [4.78, 5) is 34.6. The molecule has 1 unspecified atom stereocenters. The molecule has 0 bridgehead atoms. The van der Waals surface area contributed by atoms with E-state index in [1.165, 1.54) is 26.0 Å². The monoisotopic (exact) mass is 499 g/mol. The van der Waals surface area contributed by atoms with E-state index in [1.807, 2.05) is 0 Å². The fraction of sp³-hybridized carbons (Fsp3) is 0.500. The van der Waals surface area contributed by atoms with Crippen molar-refractivity contribution in [1.82, 2.24) is 9.97 Å². The number of H-pyrrole nitrogens is 1. The van der Waals surface area contributed by atoms with Gasteiger partial charge in [0.25, 0.3) is 5.56 Å². The van der Waals surface area contributed by atoms with Gasteiger partial charge in [-0.25, -0.2) is 4.98 Å². The lowest BCUT2D eigenvalue weighted by atomic mass is 9.69. The second-order valence-electron chi connectivity index (χ2n) is 10.3. The first kappa shape index (κ1) is 25.2. The van der Waals surface area contributed by atoms with E-state index in [0.717, 1.165) is 17.9 Å². The maximum Gasteiger partial charge on any atom is 0.257 e. The number of aromatic hydroxyl groups is 1. The number of thioether (sulfide) groups is 1. The third-order valence-corrected chi connectivity index (χ3v) is 7.38. The van der Waals surface area contributed by atoms with E-state index in [1.54, 1.807) is 12.1 Å². The number of ether oxygens (including phenoxy) is 2. The maximum absolute atomic E-state index is 13.5. The van der Waals surface area contributed by atoms with Crippen LogP contribution in [-0.4, -0.2) is 40.8 Å². The average Bonchev–Trinajstić information content (AvgIpc) is 2.76. The Morgan fingerprint density at radius 3 is 2.43 bits per heavy atom. The Labute approximate surface area is 209 Å². The lowest BCUT2D eigenvalue weighted by molar-refractivity contribution is -0.118. The SMILES string of the molecule is COc1cc(C2C3=C(CC(C)(C)CC3=O)Nc3nc(SCCC(C)C)[nH]c(=O)c32)cc(OC)c1O.